The van der Waals surface area contributed by atoms with Crippen molar-refractivity contribution in [1.82, 2.24) is 5.32 Å². The predicted molar refractivity (Wildman–Crippen MR) is 96.0 cm³/mol. The average Bonchev–Trinajstić information content (AvgIpc) is 2.58. The summed E-state index contributed by atoms with van der Waals surface area (Å²) in [5.74, 6) is 0.506. The van der Waals surface area contributed by atoms with Crippen molar-refractivity contribution in [2.45, 2.75) is 45.6 Å². The monoisotopic (exact) mass is 347 g/mol. The molecule has 0 saturated carbocycles. The Labute approximate surface area is 148 Å². The molecular weight excluding hydrogens is 321 g/mol. The molecule has 2 N–H and O–H groups in total. The number of carbonyl (C=O) groups is 2. The molecule has 0 aliphatic carbocycles. The number of hydrogen-bond donors (Lipinski definition) is 2. The van der Waals surface area contributed by atoms with Crippen LogP contribution in [0.1, 0.15) is 39.5 Å². The molecule has 0 radical (unpaired) electrons. The smallest absolute Gasteiger partial charge is 0.249 e. The number of piperidine rings is 2. The Morgan fingerprint density at radius 3 is 2.52 bits per heavy atom. The molecule has 2 heterocycles. The van der Waals surface area contributed by atoms with Crippen LogP contribution in [0.2, 0.25) is 0 Å². The number of nitrogens with zero attached hydrogens (tertiary/aromatic N) is 1. The van der Waals surface area contributed by atoms with Crippen molar-refractivity contribution < 1.29 is 14.0 Å². The summed E-state index contributed by atoms with van der Waals surface area (Å²) in [6.07, 6.45) is 2.91. The van der Waals surface area contributed by atoms with E-state index in [1.54, 1.807) is 12.1 Å². The van der Waals surface area contributed by atoms with Crippen LogP contribution in [0.3, 0.4) is 0 Å². The highest BCUT2D eigenvalue weighted by Crippen LogP contribution is 2.30. The van der Waals surface area contributed by atoms with Crippen molar-refractivity contribution in [3.8, 4) is 0 Å². The fourth-order valence-electron chi connectivity index (χ4n) is 3.69. The van der Waals surface area contributed by atoms with Gasteiger partial charge in [-0.15, -0.1) is 0 Å². The van der Waals surface area contributed by atoms with Gasteiger partial charge in [0.25, 0.3) is 0 Å². The normalized spacial score (nSPS) is 22.2. The van der Waals surface area contributed by atoms with Crippen LogP contribution in [0.15, 0.2) is 18.2 Å². The Balaban J connectivity index is 1.63. The number of hydrogen-bond acceptors (Lipinski definition) is 4. The molecule has 5 nitrogen and oxygen atoms in total. The molecule has 6 heteroatoms. The van der Waals surface area contributed by atoms with Gasteiger partial charge < -0.3 is 10.2 Å². The predicted octanol–water partition coefficient (Wildman–Crippen LogP) is 2.92. The molecule has 1 unspecified atom stereocenters. The zero-order chi connectivity index (χ0) is 18.0. The molecule has 2 fully saturated rings. The molecule has 2 amide bonds. The number of rotatable bonds is 4. The molecular formula is C19H26FN3O2. The van der Waals surface area contributed by atoms with Crippen molar-refractivity contribution in [3.63, 3.8) is 0 Å². The highest BCUT2D eigenvalue weighted by Gasteiger charge is 2.27. The molecule has 2 saturated heterocycles. The van der Waals surface area contributed by atoms with Gasteiger partial charge in [-0.05, 0) is 49.3 Å². The summed E-state index contributed by atoms with van der Waals surface area (Å²) in [5, 5.41) is 5.32. The quantitative estimate of drug-likeness (QED) is 0.822. The van der Waals surface area contributed by atoms with Gasteiger partial charge in [0, 0.05) is 25.2 Å². The van der Waals surface area contributed by atoms with E-state index in [0.717, 1.165) is 25.9 Å². The Morgan fingerprint density at radius 2 is 1.92 bits per heavy atom. The van der Waals surface area contributed by atoms with E-state index in [-0.39, 0.29) is 17.6 Å². The summed E-state index contributed by atoms with van der Waals surface area (Å²) in [5.41, 5.74) is 1.18. The second-order valence-corrected chi connectivity index (χ2v) is 7.38. The Hall–Kier alpha value is -2.11. The lowest BCUT2D eigenvalue weighted by Gasteiger charge is -2.35. The first-order valence-corrected chi connectivity index (χ1v) is 9.09. The van der Waals surface area contributed by atoms with Crippen LogP contribution in [-0.4, -0.2) is 30.9 Å². The van der Waals surface area contributed by atoms with E-state index in [9.17, 15) is 14.0 Å². The molecule has 0 bridgehead atoms. The number of nitrogens with one attached hydrogen (secondary N) is 2. The van der Waals surface area contributed by atoms with E-state index in [4.69, 9.17) is 0 Å². The van der Waals surface area contributed by atoms with Gasteiger partial charge in [-0.2, -0.15) is 0 Å². The van der Waals surface area contributed by atoms with Crippen molar-refractivity contribution >= 4 is 23.2 Å². The minimum absolute atomic E-state index is 0.255. The second-order valence-electron chi connectivity index (χ2n) is 7.38. The van der Waals surface area contributed by atoms with Crippen molar-refractivity contribution in [1.29, 1.82) is 0 Å². The van der Waals surface area contributed by atoms with Crippen molar-refractivity contribution in [2.75, 3.05) is 23.3 Å². The lowest BCUT2D eigenvalue weighted by molar-refractivity contribution is -0.133. The number of carbonyl (C=O) groups excluding carboxylic acids is 2. The molecule has 0 spiro atoms. The van der Waals surface area contributed by atoms with E-state index in [1.165, 1.54) is 6.07 Å². The van der Waals surface area contributed by atoms with Crippen LogP contribution in [0.25, 0.3) is 0 Å². The Kier molecular flexibility index (Phi) is 5.25. The van der Waals surface area contributed by atoms with E-state index >= 15 is 0 Å². The fourth-order valence-corrected chi connectivity index (χ4v) is 3.69. The van der Waals surface area contributed by atoms with Gasteiger partial charge in [-0.3, -0.25) is 14.9 Å². The van der Waals surface area contributed by atoms with E-state index in [0.29, 0.717) is 36.1 Å². The standard InChI is InChI=1S/C19H26FN3O2/c1-12(2)13-7-9-23(10-8-13)17-5-3-14(11-15(17)20)21-16-4-6-18(24)22-19(16)25/h3,5,11-13,16,21H,4,6-10H2,1-2H3,(H,22,24,25). The molecule has 136 valence electrons. The zero-order valence-corrected chi connectivity index (χ0v) is 14.8. The van der Waals surface area contributed by atoms with Crippen LogP contribution >= 0.6 is 0 Å². The van der Waals surface area contributed by atoms with Gasteiger partial charge in [0.1, 0.15) is 11.9 Å². The molecule has 2 aliphatic heterocycles. The van der Waals surface area contributed by atoms with Crippen molar-refractivity contribution in [3.05, 3.63) is 24.0 Å². The lowest BCUT2D eigenvalue weighted by Crippen LogP contribution is -2.47. The average molecular weight is 347 g/mol. The van der Waals surface area contributed by atoms with E-state index < -0.39 is 6.04 Å². The molecule has 0 aromatic heterocycles. The maximum Gasteiger partial charge on any atom is 0.249 e. The van der Waals surface area contributed by atoms with Crippen LogP contribution in [0.4, 0.5) is 15.8 Å². The first kappa shape index (κ1) is 17.7. The summed E-state index contributed by atoms with van der Waals surface area (Å²) in [4.78, 5) is 25.1. The topological polar surface area (TPSA) is 61.4 Å². The Morgan fingerprint density at radius 1 is 1.20 bits per heavy atom. The number of halogens is 1. The van der Waals surface area contributed by atoms with Gasteiger partial charge in [0.2, 0.25) is 11.8 Å². The maximum atomic E-state index is 14.6. The van der Waals surface area contributed by atoms with Crippen LogP contribution in [0.5, 0.6) is 0 Å². The summed E-state index contributed by atoms with van der Waals surface area (Å²) >= 11 is 0. The third kappa shape index (κ3) is 4.11. The summed E-state index contributed by atoms with van der Waals surface area (Å²) < 4.78 is 14.6. The highest BCUT2D eigenvalue weighted by molar-refractivity contribution is 6.01. The van der Waals surface area contributed by atoms with Gasteiger partial charge in [0.05, 0.1) is 5.69 Å². The highest BCUT2D eigenvalue weighted by atomic mass is 19.1. The molecule has 1 atom stereocenters. The minimum atomic E-state index is -0.496. The number of anilines is 2. The van der Waals surface area contributed by atoms with E-state index in [2.05, 4.69) is 29.4 Å². The van der Waals surface area contributed by atoms with Gasteiger partial charge in [0.15, 0.2) is 0 Å². The molecule has 2 aliphatic rings. The zero-order valence-electron chi connectivity index (χ0n) is 14.8. The maximum absolute atomic E-state index is 14.6. The van der Waals surface area contributed by atoms with Gasteiger partial charge >= 0.3 is 0 Å². The third-order valence-corrected chi connectivity index (χ3v) is 5.35. The summed E-state index contributed by atoms with van der Waals surface area (Å²) in [7, 11) is 0. The second kappa shape index (κ2) is 7.42. The van der Waals surface area contributed by atoms with Crippen molar-refractivity contribution in [2.24, 2.45) is 11.8 Å². The third-order valence-electron chi connectivity index (χ3n) is 5.35. The first-order chi connectivity index (χ1) is 11.9. The van der Waals surface area contributed by atoms with E-state index in [1.807, 2.05) is 0 Å². The summed E-state index contributed by atoms with van der Waals surface area (Å²) in [6, 6.07) is 4.52. The van der Waals surface area contributed by atoms with Crippen LogP contribution < -0.4 is 15.5 Å². The summed E-state index contributed by atoms with van der Waals surface area (Å²) in [6.45, 7) is 6.24. The molecule has 1 aromatic carbocycles. The largest absolute Gasteiger partial charge is 0.374 e. The molecule has 1 aromatic rings. The van der Waals surface area contributed by atoms with Crippen LogP contribution in [0, 0.1) is 17.7 Å². The molecule has 3 rings (SSSR count). The SMILES string of the molecule is CC(C)C1CCN(c2ccc(NC3CCC(=O)NC3=O)cc2F)CC1. The van der Waals surface area contributed by atoms with Gasteiger partial charge in [-0.1, -0.05) is 13.8 Å². The number of benzene rings is 1. The van der Waals surface area contributed by atoms with Gasteiger partial charge in [-0.25, -0.2) is 4.39 Å². The van der Waals surface area contributed by atoms with Crippen LogP contribution in [-0.2, 0) is 9.59 Å². The Bertz CT molecular complexity index is 654. The minimum Gasteiger partial charge on any atom is -0.374 e. The lowest BCUT2D eigenvalue weighted by atomic mass is 9.86. The first-order valence-electron chi connectivity index (χ1n) is 9.09. The fraction of sp³-hybridized carbons (Fsp3) is 0.579. The number of imide groups is 1. The number of amides is 2. The molecule has 25 heavy (non-hydrogen) atoms.